The van der Waals surface area contributed by atoms with Crippen LogP contribution in [0.3, 0.4) is 0 Å². The highest BCUT2D eigenvalue weighted by atomic mass is 32.2. The Morgan fingerprint density at radius 3 is 2.41 bits per heavy atom. The zero-order valence-corrected chi connectivity index (χ0v) is 16.4. The van der Waals surface area contributed by atoms with E-state index in [1.165, 1.54) is 22.0 Å². The van der Waals surface area contributed by atoms with Crippen LogP contribution >= 0.6 is 11.8 Å². The number of ether oxygens (including phenoxy) is 1. The molecule has 27 heavy (non-hydrogen) atoms. The number of hydrogen-bond donors (Lipinski definition) is 0. The molecule has 2 aromatic carbocycles. The van der Waals surface area contributed by atoms with Crippen LogP contribution in [0.5, 0.6) is 5.75 Å². The van der Waals surface area contributed by atoms with E-state index in [1.54, 1.807) is 38.3 Å². The van der Waals surface area contributed by atoms with Crippen LogP contribution in [-0.2, 0) is 0 Å². The van der Waals surface area contributed by atoms with Crippen LogP contribution in [0.4, 0.5) is 0 Å². The van der Waals surface area contributed by atoms with Crippen LogP contribution in [0, 0.1) is 32.1 Å². The fourth-order valence-electron chi connectivity index (χ4n) is 2.73. The van der Waals surface area contributed by atoms with E-state index in [4.69, 9.17) is 4.74 Å². The standard InChI is InChI=1S/C21H19N3O2S/c1-13-5-10-19(14(2)11-13)27-20-15(3)18(12-22)21(25)24(23-20)16-6-8-17(26-4)9-7-16/h5-11H,1-4H3. The molecule has 0 spiro atoms. The molecular formula is C21H19N3O2S. The van der Waals surface area contributed by atoms with E-state index >= 15 is 0 Å². The molecule has 0 bridgehead atoms. The number of rotatable bonds is 4. The Balaban J connectivity index is 2.14. The Hall–Kier alpha value is -3.04. The highest BCUT2D eigenvalue weighted by Gasteiger charge is 2.17. The lowest BCUT2D eigenvalue weighted by atomic mass is 10.2. The maximum absolute atomic E-state index is 12.7. The van der Waals surface area contributed by atoms with Crippen LogP contribution < -0.4 is 10.3 Å². The van der Waals surface area contributed by atoms with Gasteiger partial charge in [-0.2, -0.15) is 15.0 Å². The van der Waals surface area contributed by atoms with Gasteiger partial charge < -0.3 is 4.74 Å². The molecule has 0 N–H and O–H groups in total. The number of benzene rings is 2. The lowest BCUT2D eigenvalue weighted by Crippen LogP contribution is -2.25. The summed E-state index contributed by atoms with van der Waals surface area (Å²) in [5.41, 5.74) is 3.17. The monoisotopic (exact) mass is 377 g/mol. The molecule has 0 aliphatic heterocycles. The van der Waals surface area contributed by atoms with Gasteiger partial charge in [0.1, 0.15) is 22.4 Å². The first kappa shape index (κ1) is 18.7. The van der Waals surface area contributed by atoms with Crippen LogP contribution in [0.2, 0.25) is 0 Å². The van der Waals surface area contributed by atoms with Crippen molar-refractivity contribution in [2.75, 3.05) is 7.11 Å². The minimum atomic E-state index is -0.426. The minimum Gasteiger partial charge on any atom is -0.497 e. The van der Waals surface area contributed by atoms with Gasteiger partial charge in [-0.1, -0.05) is 29.5 Å². The van der Waals surface area contributed by atoms with Gasteiger partial charge in [-0.3, -0.25) is 4.79 Å². The fraction of sp³-hybridized carbons (Fsp3) is 0.190. The van der Waals surface area contributed by atoms with Crippen molar-refractivity contribution >= 4 is 11.8 Å². The first-order valence-corrected chi connectivity index (χ1v) is 9.20. The maximum Gasteiger partial charge on any atom is 0.289 e. The number of nitriles is 1. The maximum atomic E-state index is 12.7. The summed E-state index contributed by atoms with van der Waals surface area (Å²) in [5.74, 6) is 0.685. The fourth-order valence-corrected chi connectivity index (χ4v) is 3.67. The van der Waals surface area contributed by atoms with Crippen molar-refractivity contribution in [2.24, 2.45) is 0 Å². The molecule has 5 nitrogen and oxygen atoms in total. The molecule has 0 amide bonds. The van der Waals surface area contributed by atoms with E-state index in [9.17, 15) is 10.1 Å². The predicted molar refractivity (Wildman–Crippen MR) is 106 cm³/mol. The van der Waals surface area contributed by atoms with Crippen molar-refractivity contribution in [2.45, 2.75) is 30.7 Å². The molecule has 136 valence electrons. The number of methoxy groups -OCH3 is 1. The second-order valence-electron chi connectivity index (χ2n) is 6.20. The van der Waals surface area contributed by atoms with Crippen molar-refractivity contribution in [3.05, 3.63) is 75.1 Å². The van der Waals surface area contributed by atoms with Gasteiger partial charge >= 0.3 is 0 Å². The minimum absolute atomic E-state index is 0.105. The van der Waals surface area contributed by atoms with Crippen LogP contribution in [0.1, 0.15) is 22.3 Å². The smallest absolute Gasteiger partial charge is 0.289 e. The van der Waals surface area contributed by atoms with E-state index in [0.29, 0.717) is 22.0 Å². The summed E-state index contributed by atoms with van der Waals surface area (Å²) in [7, 11) is 1.58. The lowest BCUT2D eigenvalue weighted by Gasteiger charge is -2.13. The third kappa shape index (κ3) is 3.74. The Kier molecular flexibility index (Phi) is 5.33. The average Bonchev–Trinajstić information content (AvgIpc) is 2.66. The molecule has 0 fully saturated rings. The number of nitrogens with zero attached hydrogens (tertiary/aromatic N) is 3. The third-order valence-corrected chi connectivity index (χ3v) is 5.52. The zero-order chi connectivity index (χ0) is 19.6. The van der Waals surface area contributed by atoms with Gasteiger partial charge in [0.15, 0.2) is 0 Å². The summed E-state index contributed by atoms with van der Waals surface area (Å²) in [5, 5.41) is 14.7. The van der Waals surface area contributed by atoms with Gasteiger partial charge in [-0.15, -0.1) is 0 Å². The number of aryl methyl sites for hydroxylation is 2. The molecule has 6 heteroatoms. The summed E-state index contributed by atoms with van der Waals surface area (Å²) in [6, 6.07) is 15.2. The average molecular weight is 377 g/mol. The summed E-state index contributed by atoms with van der Waals surface area (Å²) < 4.78 is 6.44. The topological polar surface area (TPSA) is 67.9 Å². The lowest BCUT2D eigenvalue weighted by molar-refractivity contribution is 0.414. The van der Waals surface area contributed by atoms with Gasteiger partial charge in [0.25, 0.3) is 5.56 Å². The van der Waals surface area contributed by atoms with Crippen LogP contribution in [0.15, 0.2) is 57.2 Å². The SMILES string of the molecule is COc1ccc(-n2nc(Sc3ccc(C)cc3C)c(C)c(C#N)c2=O)cc1. The first-order valence-electron chi connectivity index (χ1n) is 8.38. The number of aromatic nitrogens is 2. The third-order valence-electron chi connectivity index (χ3n) is 4.26. The van der Waals surface area contributed by atoms with Gasteiger partial charge in [0, 0.05) is 10.5 Å². The van der Waals surface area contributed by atoms with E-state index in [0.717, 1.165) is 10.5 Å². The van der Waals surface area contributed by atoms with Crippen LogP contribution in [-0.4, -0.2) is 16.9 Å². The molecule has 0 radical (unpaired) electrons. The summed E-state index contributed by atoms with van der Waals surface area (Å²) in [4.78, 5) is 13.8. The van der Waals surface area contributed by atoms with E-state index in [1.807, 2.05) is 32.0 Å². The van der Waals surface area contributed by atoms with Crippen molar-refractivity contribution in [3.8, 4) is 17.5 Å². The second kappa shape index (κ2) is 7.68. The molecule has 0 aliphatic carbocycles. The second-order valence-corrected chi connectivity index (χ2v) is 7.23. The summed E-state index contributed by atoms with van der Waals surface area (Å²) >= 11 is 1.46. The number of hydrogen-bond acceptors (Lipinski definition) is 5. The quantitative estimate of drug-likeness (QED) is 0.682. The van der Waals surface area contributed by atoms with E-state index < -0.39 is 5.56 Å². The molecule has 1 heterocycles. The zero-order valence-electron chi connectivity index (χ0n) is 15.6. The van der Waals surface area contributed by atoms with Crippen molar-refractivity contribution in [3.63, 3.8) is 0 Å². The highest BCUT2D eigenvalue weighted by molar-refractivity contribution is 7.99. The molecular weight excluding hydrogens is 358 g/mol. The van der Waals surface area contributed by atoms with Gasteiger partial charge in [0.05, 0.1) is 12.8 Å². The highest BCUT2D eigenvalue weighted by Crippen LogP contribution is 2.32. The normalized spacial score (nSPS) is 10.5. The Morgan fingerprint density at radius 2 is 1.81 bits per heavy atom. The van der Waals surface area contributed by atoms with Crippen molar-refractivity contribution < 1.29 is 4.74 Å². The Labute approximate surface area is 162 Å². The van der Waals surface area contributed by atoms with Crippen molar-refractivity contribution in [1.29, 1.82) is 5.26 Å². The molecule has 0 unspecified atom stereocenters. The summed E-state index contributed by atoms with van der Waals surface area (Å²) in [6.07, 6.45) is 0. The van der Waals surface area contributed by atoms with E-state index in [2.05, 4.69) is 11.2 Å². The molecule has 1 aromatic heterocycles. The molecule has 0 saturated carbocycles. The molecule has 0 aliphatic rings. The largest absolute Gasteiger partial charge is 0.497 e. The Morgan fingerprint density at radius 1 is 1.11 bits per heavy atom. The van der Waals surface area contributed by atoms with E-state index in [-0.39, 0.29) is 5.56 Å². The van der Waals surface area contributed by atoms with Crippen molar-refractivity contribution in [1.82, 2.24) is 9.78 Å². The van der Waals surface area contributed by atoms with Gasteiger partial charge in [-0.05, 0) is 56.7 Å². The molecule has 0 atom stereocenters. The van der Waals surface area contributed by atoms with Gasteiger partial charge in [-0.25, -0.2) is 0 Å². The predicted octanol–water partition coefficient (Wildman–Crippen LogP) is 4.19. The molecule has 3 aromatic rings. The van der Waals surface area contributed by atoms with Gasteiger partial charge in [0.2, 0.25) is 0 Å². The molecule has 0 saturated heterocycles. The summed E-state index contributed by atoms with van der Waals surface area (Å²) in [6.45, 7) is 5.84. The first-order chi connectivity index (χ1) is 12.9. The van der Waals surface area contributed by atoms with Crippen LogP contribution in [0.25, 0.3) is 5.69 Å². The molecule has 3 rings (SSSR count). The Bertz CT molecular complexity index is 1100.